The monoisotopic (exact) mass is 478 g/mol. The van der Waals surface area contributed by atoms with Gasteiger partial charge in [-0.15, -0.1) is 0 Å². The van der Waals surface area contributed by atoms with Crippen molar-refractivity contribution in [3.63, 3.8) is 0 Å². The average Bonchev–Trinajstić information content (AvgIpc) is 3.05. The third-order valence-electron chi connectivity index (χ3n) is 5.92. The molecule has 3 aromatic carbocycles. The van der Waals surface area contributed by atoms with Gasteiger partial charge in [-0.2, -0.15) is 4.31 Å². The second-order valence-electron chi connectivity index (χ2n) is 9.45. The van der Waals surface area contributed by atoms with Crippen LogP contribution in [0, 0.1) is 0 Å². The second kappa shape index (κ2) is 9.60. The molecule has 6 nitrogen and oxygen atoms in total. The molecule has 1 aliphatic heterocycles. The molecule has 0 atom stereocenters. The van der Waals surface area contributed by atoms with Crippen LogP contribution in [-0.2, 0) is 28.5 Å². The molecule has 1 heterocycles. The Morgan fingerprint density at radius 2 is 1.71 bits per heavy atom. The molecule has 1 N–H and O–H groups in total. The van der Waals surface area contributed by atoms with Crippen molar-refractivity contribution in [3.05, 3.63) is 95.1 Å². The summed E-state index contributed by atoms with van der Waals surface area (Å²) < 4.78 is 34.0. The fourth-order valence-corrected chi connectivity index (χ4v) is 5.28. The van der Waals surface area contributed by atoms with E-state index in [1.807, 2.05) is 42.5 Å². The highest BCUT2D eigenvalue weighted by Gasteiger charge is 2.28. The Morgan fingerprint density at radius 3 is 2.38 bits per heavy atom. The van der Waals surface area contributed by atoms with Crippen molar-refractivity contribution in [3.8, 4) is 5.75 Å². The van der Waals surface area contributed by atoms with Gasteiger partial charge < -0.3 is 10.1 Å². The number of sulfonamides is 1. The molecule has 0 aliphatic carbocycles. The number of carbonyl (C=O) groups is 1. The van der Waals surface area contributed by atoms with Gasteiger partial charge in [-0.25, -0.2) is 8.42 Å². The SMILES string of the molecule is CC(C)(C)c1ccc(S(=O)(=O)N2CCOc3ccc(C(=O)NCc4ccccc4)cc3C2)cc1. The van der Waals surface area contributed by atoms with Gasteiger partial charge >= 0.3 is 0 Å². The quantitative estimate of drug-likeness (QED) is 0.586. The van der Waals surface area contributed by atoms with Crippen molar-refractivity contribution in [2.75, 3.05) is 13.2 Å². The summed E-state index contributed by atoms with van der Waals surface area (Å²) in [6, 6.07) is 21.9. The van der Waals surface area contributed by atoms with Gasteiger partial charge in [-0.1, -0.05) is 63.2 Å². The van der Waals surface area contributed by atoms with Crippen molar-refractivity contribution < 1.29 is 17.9 Å². The zero-order valence-corrected chi connectivity index (χ0v) is 20.6. The molecule has 0 unspecified atom stereocenters. The van der Waals surface area contributed by atoms with Crippen LogP contribution < -0.4 is 10.1 Å². The summed E-state index contributed by atoms with van der Waals surface area (Å²) in [6.07, 6.45) is 0. The van der Waals surface area contributed by atoms with E-state index in [0.29, 0.717) is 23.4 Å². The predicted molar refractivity (Wildman–Crippen MR) is 132 cm³/mol. The maximum absolute atomic E-state index is 13.4. The molecular formula is C27H30N2O4S. The zero-order valence-electron chi connectivity index (χ0n) is 19.7. The summed E-state index contributed by atoms with van der Waals surface area (Å²) >= 11 is 0. The Hall–Kier alpha value is -3.16. The van der Waals surface area contributed by atoms with Crippen LogP contribution in [-0.4, -0.2) is 31.8 Å². The third kappa shape index (κ3) is 5.32. The molecule has 3 aromatic rings. The number of hydrogen-bond donors (Lipinski definition) is 1. The average molecular weight is 479 g/mol. The molecular weight excluding hydrogens is 448 g/mol. The van der Waals surface area contributed by atoms with Crippen LogP contribution in [0.3, 0.4) is 0 Å². The summed E-state index contributed by atoms with van der Waals surface area (Å²) in [5.74, 6) is 0.378. The van der Waals surface area contributed by atoms with Crippen molar-refractivity contribution in [2.45, 2.75) is 44.2 Å². The van der Waals surface area contributed by atoms with Crippen LogP contribution in [0.1, 0.15) is 47.8 Å². The molecule has 1 amide bonds. The molecule has 4 rings (SSSR count). The van der Waals surface area contributed by atoms with Gasteiger partial charge in [0, 0.05) is 30.8 Å². The van der Waals surface area contributed by atoms with Crippen LogP contribution in [0.4, 0.5) is 0 Å². The Kier molecular flexibility index (Phi) is 6.77. The highest BCUT2D eigenvalue weighted by atomic mass is 32.2. The Morgan fingerprint density at radius 1 is 1.00 bits per heavy atom. The van der Waals surface area contributed by atoms with Gasteiger partial charge in [-0.3, -0.25) is 4.79 Å². The number of hydrogen-bond acceptors (Lipinski definition) is 4. The van der Waals surface area contributed by atoms with Crippen molar-refractivity contribution in [1.82, 2.24) is 9.62 Å². The van der Waals surface area contributed by atoms with Crippen LogP contribution >= 0.6 is 0 Å². The van der Waals surface area contributed by atoms with Crippen molar-refractivity contribution in [2.24, 2.45) is 0 Å². The molecule has 7 heteroatoms. The normalized spacial score (nSPS) is 14.6. The number of carbonyl (C=O) groups excluding carboxylic acids is 1. The Labute approximate surface area is 201 Å². The highest BCUT2D eigenvalue weighted by Crippen LogP contribution is 2.29. The lowest BCUT2D eigenvalue weighted by Gasteiger charge is -2.22. The first kappa shape index (κ1) is 24.0. The molecule has 0 bridgehead atoms. The topological polar surface area (TPSA) is 75.7 Å². The van der Waals surface area contributed by atoms with E-state index in [-0.39, 0.29) is 35.9 Å². The van der Waals surface area contributed by atoms with Gasteiger partial charge in [0.2, 0.25) is 10.0 Å². The Bertz CT molecular complexity index is 1260. The number of ether oxygens (including phenoxy) is 1. The smallest absolute Gasteiger partial charge is 0.251 e. The van der Waals surface area contributed by atoms with Gasteiger partial charge in [-0.05, 0) is 46.9 Å². The van der Waals surface area contributed by atoms with Crippen LogP contribution in [0.15, 0.2) is 77.7 Å². The van der Waals surface area contributed by atoms with Gasteiger partial charge in [0.25, 0.3) is 5.91 Å². The molecule has 178 valence electrons. The van der Waals surface area contributed by atoms with Crippen LogP contribution in [0.2, 0.25) is 0 Å². The van der Waals surface area contributed by atoms with E-state index in [1.165, 1.54) is 4.31 Å². The fourth-order valence-electron chi connectivity index (χ4n) is 3.87. The zero-order chi connectivity index (χ0) is 24.3. The minimum atomic E-state index is -3.72. The maximum atomic E-state index is 13.4. The van der Waals surface area contributed by atoms with Gasteiger partial charge in [0.05, 0.1) is 4.90 Å². The van der Waals surface area contributed by atoms with Crippen LogP contribution in [0.5, 0.6) is 5.75 Å². The standard InChI is InChI=1S/C27H30N2O4S/c1-27(2,3)23-10-12-24(13-11-23)34(31,32)29-15-16-33-25-14-9-21(17-22(25)19-29)26(30)28-18-20-7-5-4-6-8-20/h4-14,17H,15-16,18-19H2,1-3H3,(H,28,30). The molecule has 1 aliphatic rings. The van der Waals surface area contributed by atoms with E-state index in [2.05, 4.69) is 26.1 Å². The fraction of sp³-hybridized carbons (Fsp3) is 0.296. The summed E-state index contributed by atoms with van der Waals surface area (Å²) in [5.41, 5.74) is 3.15. The maximum Gasteiger partial charge on any atom is 0.251 e. The number of fused-ring (bicyclic) bond motifs is 1. The summed E-state index contributed by atoms with van der Waals surface area (Å²) in [5, 5.41) is 2.91. The minimum Gasteiger partial charge on any atom is -0.492 e. The van der Waals surface area contributed by atoms with E-state index in [1.54, 1.807) is 30.3 Å². The van der Waals surface area contributed by atoms with Gasteiger partial charge in [0.15, 0.2) is 0 Å². The van der Waals surface area contributed by atoms with Crippen molar-refractivity contribution in [1.29, 1.82) is 0 Å². The highest BCUT2D eigenvalue weighted by molar-refractivity contribution is 7.89. The van der Waals surface area contributed by atoms with E-state index < -0.39 is 10.0 Å². The molecule has 0 aromatic heterocycles. The van der Waals surface area contributed by atoms with Gasteiger partial charge in [0.1, 0.15) is 12.4 Å². The lowest BCUT2D eigenvalue weighted by Crippen LogP contribution is -2.32. The Balaban J connectivity index is 1.53. The lowest BCUT2D eigenvalue weighted by molar-refractivity contribution is 0.0950. The number of benzene rings is 3. The first-order chi connectivity index (χ1) is 16.1. The second-order valence-corrected chi connectivity index (χ2v) is 11.4. The number of nitrogens with one attached hydrogen (secondary N) is 1. The number of nitrogens with zero attached hydrogens (tertiary/aromatic N) is 1. The first-order valence-corrected chi connectivity index (χ1v) is 12.8. The molecule has 34 heavy (non-hydrogen) atoms. The van der Waals surface area contributed by atoms with Crippen LogP contribution in [0.25, 0.3) is 0 Å². The summed E-state index contributed by atoms with van der Waals surface area (Å²) in [7, 11) is -3.72. The molecule has 0 saturated heterocycles. The van der Waals surface area contributed by atoms with E-state index in [4.69, 9.17) is 4.74 Å². The first-order valence-electron chi connectivity index (χ1n) is 11.3. The molecule has 0 radical (unpaired) electrons. The van der Waals surface area contributed by atoms with Crippen molar-refractivity contribution >= 4 is 15.9 Å². The molecule has 0 saturated carbocycles. The number of rotatable bonds is 5. The lowest BCUT2D eigenvalue weighted by atomic mass is 9.87. The predicted octanol–water partition coefficient (Wildman–Crippen LogP) is 4.50. The largest absolute Gasteiger partial charge is 0.492 e. The van der Waals surface area contributed by atoms with E-state index in [0.717, 1.165) is 11.1 Å². The third-order valence-corrected chi connectivity index (χ3v) is 7.78. The van der Waals surface area contributed by atoms with E-state index >= 15 is 0 Å². The summed E-state index contributed by atoms with van der Waals surface area (Å²) in [6.45, 7) is 7.30. The molecule has 0 fully saturated rings. The summed E-state index contributed by atoms with van der Waals surface area (Å²) in [4.78, 5) is 13.0. The molecule has 0 spiro atoms. The van der Waals surface area contributed by atoms with E-state index in [9.17, 15) is 13.2 Å². The minimum absolute atomic E-state index is 0.0604. The number of amides is 1.